The van der Waals surface area contributed by atoms with E-state index in [1.165, 1.54) is 25.7 Å². The maximum absolute atomic E-state index is 5.86. The van der Waals surface area contributed by atoms with Crippen LogP contribution in [-0.2, 0) is 6.54 Å². The molecule has 2 saturated carbocycles. The minimum atomic E-state index is 0.440. The Hall–Kier alpha value is -0.800. The van der Waals surface area contributed by atoms with Crippen molar-refractivity contribution in [1.29, 1.82) is 0 Å². The fourth-order valence-electron chi connectivity index (χ4n) is 2.39. The Morgan fingerprint density at radius 2 is 2.25 bits per heavy atom. The SMILES string of the molecule is NCC1(CN(Cc2ccco2)C2CC2)CC1. The van der Waals surface area contributed by atoms with Gasteiger partial charge in [0, 0.05) is 12.6 Å². The first kappa shape index (κ1) is 10.4. The van der Waals surface area contributed by atoms with Crippen LogP contribution in [0.3, 0.4) is 0 Å². The highest BCUT2D eigenvalue weighted by atomic mass is 16.3. The van der Waals surface area contributed by atoms with E-state index in [1.54, 1.807) is 6.26 Å². The second kappa shape index (κ2) is 3.90. The lowest BCUT2D eigenvalue weighted by atomic mass is 10.1. The molecule has 1 heterocycles. The summed E-state index contributed by atoms with van der Waals surface area (Å²) in [6, 6.07) is 4.82. The van der Waals surface area contributed by atoms with Gasteiger partial charge in [-0.3, -0.25) is 4.90 Å². The van der Waals surface area contributed by atoms with Crippen LogP contribution in [0.4, 0.5) is 0 Å². The van der Waals surface area contributed by atoms with Gasteiger partial charge in [0.05, 0.1) is 12.8 Å². The molecule has 1 aromatic rings. The second-order valence-corrected chi connectivity index (χ2v) is 5.42. The van der Waals surface area contributed by atoms with Crippen molar-refractivity contribution in [3.8, 4) is 0 Å². The molecule has 0 atom stereocenters. The molecule has 3 nitrogen and oxygen atoms in total. The van der Waals surface area contributed by atoms with Gasteiger partial charge in [-0.25, -0.2) is 0 Å². The average Bonchev–Trinajstić information content (AvgIpc) is 3.20. The first-order valence-corrected chi connectivity index (χ1v) is 6.28. The maximum Gasteiger partial charge on any atom is 0.117 e. The highest BCUT2D eigenvalue weighted by molar-refractivity contribution is 5.03. The fourth-order valence-corrected chi connectivity index (χ4v) is 2.39. The molecule has 0 aromatic carbocycles. The van der Waals surface area contributed by atoms with Gasteiger partial charge in [0.1, 0.15) is 5.76 Å². The molecule has 0 unspecified atom stereocenters. The Morgan fingerprint density at radius 3 is 2.75 bits per heavy atom. The Balaban J connectivity index is 1.63. The summed E-state index contributed by atoms with van der Waals surface area (Å²) in [5.41, 5.74) is 6.30. The van der Waals surface area contributed by atoms with Gasteiger partial charge in [-0.1, -0.05) is 0 Å². The molecule has 0 aliphatic heterocycles. The summed E-state index contributed by atoms with van der Waals surface area (Å²) in [6.45, 7) is 2.96. The Morgan fingerprint density at radius 1 is 1.44 bits per heavy atom. The van der Waals surface area contributed by atoms with E-state index in [0.29, 0.717) is 5.41 Å². The van der Waals surface area contributed by atoms with Crippen LogP contribution in [0, 0.1) is 5.41 Å². The summed E-state index contributed by atoms with van der Waals surface area (Å²) in [4.78, 5) is 2.57. The number of nitrogens with zero attached hydrogens (tertiary/aromatic N) is 1. The van der Waals surface area contributed by atoms with Crippen molar-refractivity contribution in [2.24, 2.45) is 11.1 Å². The van der Waals surface area contributed by atoms with Gasteiger partial charge in [0.2, 0.25) is 0 Å². The zero-order valence-electron chi connectivity index (χ0n) is 9.69. The molecule has 2 aliphatic carbocycles. The van der Waals surface area contributed by atoms with Crippen LogP contribution in [0.15, 0.2) is 22.8 Å². The number of nitrogens with two attached hydrogens (primary N) is 1. The zero-order valence-corrected chi connectivity index (χ0v) is 9.69. The molecule has 16 heavy (non-hydrogen) atoms. The number of furan rings is 1. The molecule has 2 aliphatic rings. The molecule has 0 saturated heterocycles. The molecule has 1 aromatic heterocycles. The molecular weight excluding hydrogens is 200 g/mol. The monoisotopic (exact) mass is 220 g/mol. The first-order chi connectivity index (χ1) is 7.81. The Bertz CT molecular complexity index is 339. The van der Waals surface area contributed by atoms with Crippen LogP contribution >= 0.6 is 0 Å². The van der Waals surface area contributed by atoms with Crippen LogP contribution in [-0.4, -0.2) is 24.0 Å². The Kier molecular flexibility index (Phi) is 2.52. The molecule has 0 spiro atoms. The molecule has 0 radical (unpaired) electrons. The smallest absolute Gasteiger partial charge is 0.117 e. The van der Waals surface area contributed by atoms with Crippen molar-refractivity contribution < 1.29 is 4.42 Å². The van der Waals surface area contributed by atoms with Crippen LogP contribution in [0.2, 0.25) is 0 Å². The van der Waals surface area contributed by atoms with E-state index in [9.17, 15) is 0 Å². The van der Waals surface area contributed by atoms with Gasteiger partial charge < -0.3 is 10.2 Å². The predicted molar refractivity (Wildman–Crippen MR) is 62.9 cm³/mol. The average molecular weight is 220 g/mol. The van der Waals surface area contributed by atoms with Crippen molar-refractivity contribution in [3.63, 3.8) is 0 Å². The third-order valence-electron chi connectivity index (χ3n) is 3.93. The van der Waals surface area contributed by atoms with E-state index < -0.39 is 0 Å². The molecule has 0 amide bonds. The van der Waals surface area contributed by atoms with Gasteiger partial charge in [0.15, 0.2) is 0 Å². The predicted octanol–water partition coefficient (Wildman–Crippen LogP) is 1.98. The molecule has 2 fully saturated rings. The van der Waals surface area contributed by atoms with Crippen LogP contribution < -0.4 is 5.73 Å². The van der Waals surface area contributed by atoms with Gasteiger partial charge in [-0.2, -0.15) is 0 Å². The lowest BCUT2D eigenvalue weighted by molar-refractivity contribution is 0.190. The molecule has 2 N–H and O–H groups in total. The largest absolute Gasteiger partial charge is 0.468 e. The number of hydrogen-bond acceptors (Lipinski definition) is 3. The number of rotatable bonds is 6. The lowest BCUT2D eigenvalue weighted by Crippen LogP contribution is -2.35. The standard InChI is InChI=1S/C13H20N2O/c14-9-13(5-6-13)10-15(11-3-4-11)8-12-2-1-7-16-12/h1-2,7,11H,3-6,8-10,14H2. The van der Waals surface area contributed by atoms with Crippen molar-refractivity contribution >= 4 is 0 Å². The van der Waals surface area contributed by atoms with Crippen LogP contribution in [0.5, 0.6) is 0 Å². The van der Waals surface area contributed by atoms with Crippen molar-refractivity contribution in [1.82, 2.24) is 4.90 Å². The first-order valence-electron chi connectivity index (χ1n) is 6.28. The summed E-state index contributed by atoms with van der Waals surface area (Å²) in [5.74, 6) is 1.08. The van der Waals surface area contributed by atoms with E-state index in [2.05, 4.69) is 11.0 Å². The second-order valence-electron chi connectivity index (χ2n) is 5.42. The molecule has 88 valence electrons. The maximum atomic E-state index is 5.86. The fraction of sp³-hybridized carbons (Fsp3) is 0.692. The third kappa shape index (κ3) is 2.15. The van der Waals surface area contributed by atoms with Gasteiger partial charge in [-0.05, 0) is 49.8 Å². The summed E-state index contributed by atoms with van der Waals surface area (Å²) >= 11 is 0. The van der Waals surface area contributed by atoms with Gasteiger partial charge in [0.25, 0.3) is 0 Å². The third-order valence-corrected chi connectivity index (χ3v) is 3.93. The van der Waals surface area contributed by atoms with Crippen molar-refractivity contribution in [2.45, 2.75) is 38.3 Å². The van der Waals surface area contributed by atoms with Crippen LogP contribution in [0.25, 0.3) is 0 Å². The van der Waals surface area contributed by atoms with Crippen molar-refractivity contribution in [3.05, 3.63) is 24.2 Å². The molecule has 3 rings (SSSR count). The van der Waals surface area contributed by atoms with E-state index in [4.69, 9.17) is 10.2 Å². The van der Waals surface area contributed by atoms with Crippen LogP contribution in [0.1, 0.15) is 31.4 Å². The van der Waals surface area contributed by atoms with Gasteiger partial charge >= 0.3 is 0 Å². The summed E-state index contributed by atoms with van der Waals surface area (Å²) < 4.78 is 5.44. The van der Waals surface area contributed by atoms with E-state index in [-0.39, 0.29) is 0 Å². The highest BCUT2D eigenvalue weighted by Crippen LogP contribution is 2.46. The van der Waals surface area contributed by atoms with E-state index in [0.717, 1.165) is 31.4 Å². The quantitative estimate of drug-likeness (QED) is 0.797. The van der Waals surface area contributed by atoms with E-state index >= 15 is 0 Å². The zero-order chi connectivity index (χ0) is 11.0. The Labute approximate surface area is 96.6 Å². The normalized spacial score (nSPS) is 22.6. The lowest BCUT2D eigenvalue weighted by Gasteiger charge is -2.25. The number of hydrogen-bond donors (Lipinski definition) is 1. The molecular formula is C13H20N2O. The minimum Gasteiger partial charge on any atom is -0.468 e. The summed E-state index contributed by atoms with van der Waals surface area (Å²) in [6.07, 6.45) is 7.08. The van der Waals surface area contributed by atoms with E-state index in [1.807, 2.05) is 6.07 Å². The summed E-state index contributed by atoms with van der Waals surface area (Å²) in [5, 5.41) is 0. The van der Waals surface area contributed by atoms with Crippen molar-refractivity contribution in [2.75, 3.05) is 13.1 Å². The minimum absolute atomic E-state index is 0.440. The highest BCUT2D eigenvalue weighted by Gasteiger charge is 2.45. The topological polar surface area (TPSA) is 42.4 Å². The molecule has 3 heteroatoms. The van der Waals surface area contributed by atoms with Gasteiger partial charge in [-0.15, -0.1) is 0 Å². The molecule has 0 bridgehead atoms. The summed E-state index contributed by atoms with van der Waals surface area (Å²) in [7, 11) is 0.